The van der Waals surface area contributed by atoms with Gasteiger partial charge in [-0.1, -0.05) is 25.8 Å². The van der Waals surface area contributed by atoms with Gasteiger partial charge in [-0.25, -0.2) is 0 Å². The molecule has 2 rings (SSSR count). The lowest BCUT2D eigenvalue weighted by Gasteiger charge is -2.17. The van der Waals surface area contributed by atoms with Crippen LogP contribution in [-0.4, -0.2) is 24.6 Å². The summed E-state index contributed by atoms with van der Waals surface area (Å²) in [5.41, 5.74) is 1.49. The van der Waals surface area contributed by atoms with Gasteiger partial charge in [-0.3, -0.25) is 9.78 Å². The normalized spacial score (nSPS) is 11.6. The molecule has 0 aliphatic heterocycles. The minimum absolute atomic E-state index is 0.153. The summed E-state index contributed by atoms with van der Waals surface area (Å²) in [6, 6.07) is 9.08. The second-order valence-corrected chi connectivity index (χ2v) is 5.90. The maximum Gasteiger partial charge on any atom is 0.253 e. The Morgan fingerprint density at radius 2 is 2.08 bits per heavy atom. The highest BCUT2D eigenvalue weighted by Crippen LogP contribution is 2.30. The molecule has 0 radical (unpaired) electrons. The highest BCUT2D eigenvalue weighted by molar-refractivity contribution is 5.94. The Morgan fingerprint density at radius 3 is 2.76 bits per heavy atom. The van der Waals surface area contributed by atoms with Gasteiger partial charge >= 0.3 is 0 Å². The number of rotatable bonds is 9. The third-order valence-electron chi connectivity index (χ3n) is 3.96. The first-order chi connectivity index (χ1) is 12.2. The summed E-state index contributed by atoms with van der Waals surface area (Å²) in [5, 5.41) is 2.97. The molecule has 1 amide bonds. The van der Waals surface area contributed by atoms with E-state index in [1.807, 2.05) is 25.1 Å². The molecule has 0 fully saturated rings. The van der Waals surface area contributed by atoms with Crippen LogP contribution in [0.5, 0.6) is 11.5 Å². The Hall–Kier alpha value is -2.56. The molecule has 0 saturated carbocycles. The van der Waals surface area contributed by atoms with E-state index in [1.54, 1.807) is 31.6 Å². The summed E-state index contributed by atoms with van der Waals surface area (Å²) in [5.74, 6) is 1.25. The third kappa shape index (κ3) is 5.48. The van der Waals surface area contributed by atoms with Crippen LogP contribution in [-0.2, 0) is 0 Å². The zero-order valence-corrected chi connectivity index (χ0v) is 15.1. The van der Waals surface area contributed by atoms with E-state index in [2.05, 4.69) is 17.2 Å². The van der Waals surface area contributed by atoms with Gasteiger partial charge in [0, 0.05) is 12.4 Å². The van der Waals surface area contributed by atoms with Crippen molar-refractivity contribution in [1.82, 2.24) is 10.3 Å². The number of hydrogen-bond donors (Lipinski definition) is 1. The molecule has 1 heterocycles. The average Bonchev–Trinajstić information content (AvgIpc) is 2.65. The van der Waals surface area contributed by atoms with E-state index in [1.165, 1.54) is 0 Å². The number of ether oxygens (including phenoxy) is 2. The van der Waals surface area contributed by atoms with Crippen LogP contribution in [0, 0.1) is 0 Å². The van der Waals surface area contributed by atoms with Gasteiger partial charge in [-0.2, -0.15) is 0 Å². The number of unbranched alkanes of at least 4 members (excludes halogenated alkanes) is 2. The molecular weight excluding hydrogens is 316 g/mol. The van der Waals surface area contributed by atoms with Crippen LogP contribution in [0.1, 0.15) is 55.1 Å². The topological polar surface area (TPSA) is 60.5 Å². The van der Waals surface area contributed by atoms with E-state index < -0.39 is 0 Å². The minimum Gasteiger partial charge on any atom is -0.493 e. The molecule has 1 atom stereocenters. The molecule has 1 aromatic carbocycles. The number of hydrogen-bond acceptors (Lipinski definition) is 4. The first-order valence-electron chi connectivity index (χ1n) is 8.67. The number of carbonyl (C=O) groups excluding carboxylic acids is 1. The number of amides is 1. The van der Waals surface area contributed by atoms with E-state index in [4.69, 9.17) is 9.47 Å². The molecule has 0 bridgehead atoms. The first-order valence-corrected chi connectivity index (χ1v) is 8.67. The van der Waals surface area contributed by atoms with Gasteiger partial charge in [0.2, 0.25) is 0 Å². The molecule has 0 aliphatic rings. The molecule has 5 heteroatoms. The van der Waals surface area contributed by atoms with Crippen LogP contribution in [0.25, 0.3) is 0 Å². The summed E-state index contributed by atoms with van der Waals surface area (Å²) >= 11 is 0. The van der Waals surface area contributed by atoms with Crippen LogP contribution in [0.3, 0.4) is 0 Å². The Balaban J connectivity index is 2.02. The predicted octanol–water partition coefficient (Wildman–Crippen LogP) is 4.15. The van der Waals surface area contributed by atoms with Gasteiger partial charge < -0.3 is 14.8 Å². The fourth-order valence-electron chi connectivity index (χ4n) is 2.47. The SMILES string of the molecule is CCCCCOc1ccc([C@H](C)NC(=O)c2cccnc2)cc1OC. The quantitative estimate of drug-likeness (QED) is 0.696. The molecule has 0 unspecified atom stereocenters. The van der Waals surface area contributed by atoms with Crippen molar-refractivity contribution in [2.24, 2.45) is 0 Å². The van der Waals surface area contributed by atoms with Crippen molar-refractivity contribution in [3.05, 3.63) is 53.9 Å². The average molecular weight is 342 g/mol. The maximum absolute atomic E-state index is 12.2. The van der Waals surface area contributed by atoms with Crippen LogP contribution >= 0.6 is 0 Å². The third-order valence-corrected chi connectivity index (χ3v) is 3.96. The van der Waals surface area contributed by atoms with Gasteiger partial charge in [-0.15, -0.1) is 0 Å². The van der Waals surface area contributed by atoms with E-state index in [-0.39, 0.29) is 11.9 Å². The molecule has 0 spiro atoms. The lowest BCUT2D eigenvalue weighted by molar-refractivity contribution is 0.0939. The van der Waals surface area contributed by atoms with Crippen molar-refractivity contribution >= 4 is 5.91 Å². The number of methoxy groups -OCH3 is 1. The van der Waals surface area contributed by atoms with Gasteiger partial charge in [0.1, 0.15) is 0 Å². The minimum atomic E-state index is -0.157. The van der Waals surface area contributed by atoms with E-state index in [0.29, 0.717) is 17.9 Å². The summed E-state index contributed by atoms with van der Waals surface area (Å²) in [6.45, 7) is 4.78. The second-order valence-electron chi connectivity index (χ2n) is 5.90. The monoisotopic (exact) mass is 342 g/mol. The van der Waals surface area contributed by atoms with Crippen molar-refractivity contribution in [3.63, 3.8) is 0 Å². The molecule has 2 aromatic rings. The molecular formula is C20H26N2O3. The van der Waals surface area contributed by atoms with Crippen molar-refractivity contribution in [3.8, 4) is 11.5 Å². The number of aromatic nitrogens is 1. The number of benzene rings is 1. The first kappa shape index (κ1) is 18.8. The van der Waals surface area contributed by atoms with Gasteiger partial charge in [0.05, 0.1) is 25.3 Å². The lowest BCUT2D eigenvalue weighted by atomic mass is 10.1. The second kappa shape index (κ2) is 9.67. The Morgan fingerprint density at radius 1 is 1.24 bits per heavy atom. The van der Waals surface area contributed by atoms with E-state index in [9.17, 15) is 4.79 Å². The molecule has 134 valence electrons. The van der Waals surface area contributed by atoms with Crippen molar-refractivity contribution < 1.29 is 14.3 Å². The molecule has 25 heavy (non-hydrogen) atoms. The number of nitrogens with one attached hydrogen (secondary N) is 1. The smallest absolute Gasteiger partial charge is 0.253 e. The summed E-state index contributed by atoms with van der Waals surface area (Å²) in [7, 11) is 1.62. The van der Waals surface area contributed by atoms with Gasteiger partial charge in [0.15, 0.2) is 11.5 Å². The van der Waals surface area contributed by atoms with Gasteiger partial charge in [-0.05, 0) is 43.2 Å². The van der Waals surface area contributed by atoms with E-state index in [0.717, 1.165) is 30.6 Å². The molecule has 0 saturated heterocycles. The fraction of sp³-hybridized carbons (Fsp3) is 0.400. The number of carbonyl (C=O) groups is 1. The Labute approximate surface area is 149 Å². The lowest BCUT2D eigenvalue weighted by Crippen LogP contribution is -2.26. The molecule has 0 aliphatic carbocycles. The highest BCUT2D eigenvalue weighted by atomic mass is 16.5. The Bertz CT molecular complexity index is 674. The van der Waals surface area contributed by atoms with Crippen LogP contribution in [0.4, 0.5) is 0 Å². The summed E-state index contributed by atoms with van der Waals surface area (Å²) in [4.78, 5) is 16.2. The van der Waals surface area contributed by atoms with E-state index >= 15 is 0 Å². The van der Waals surface area contributed by atoms with Crippen LogP contribution in [0.15, 0.2) is 42.7 Å². The number of nitrogens with zero attached hydrogens (tertiary/aromatic N) is 1. The summed E-state index contributed by atoms with van der Waals surface area (Å²) < 4.78 is 11.2. The van der Waals surface area contributed by atoms with Crippen molar-refractivity contribution in [2.45, 2.75) is 39.2 Å². The largest absolute Gasteiger partial charge is 0.493 e. The van der Waals surface area contributed by atoms with Crippen LogP contribution < -0.4 is 14.8 Å². The van der Waals surface area contributed by atoms with Crippen molar-refractivity contribution in [1.29, 1.82) is 0 Å². The predicted molar refractivity (Wildman–Crippen MR) is 98.1 cm³/mol. The molecule has 5 nitrogen and oxygen atoms in total. The van der Waals surface area contributed by atoms with Crippen molar-refractivity contribution in [2.75, 3.05) is 13.7 Å². The molecule has 1 N–H and O–H groups in total. The van der Waals surface area contributed by atoms with Crippen LogP contribution in [0.2, 0.25) is 0 Å². The Kier molecular flexibility index (Phi) is 7.26. The standard InChI is InChI=1S/C20H26N2O3/c1-4-5-6-12-25-18-10-9-16(13-19(18)24-3)15(2)22-20(23)17-8-7-11-21-14-17/h7-11,13-15H,4-6,12H2,1-3H3,(H,22,23)/t15-/m0/s1. The number of pyridine rings is 1. The zero-order chi connectivity index (χ0) is 18.1. The fourth-order valence-corrected chi connectivity index (χ4v) is 2.47. The van der Waals surface area contributed by atoms with Gasteiger partial charge in [0.25, 0.3) is 5.91 Å². The molecule has 1 aromatic heterocycles. The summed E-state index contributed by atoms with van der Waals surface area (Å²) in [6.07, 6.45) is 6.53. The zero-order valence-electron chi connectivity index (χ0n) is 15.1. The maximum atomic E-state index is 12.2. The highest BCUT2D eigenvalue weighted by Gasteiger charge is 2.14.